The maximum absolute atomic E-state index is 13.0. The molecule has 32 heavy (non-hydrogen) atoms. The number of thiophene rings is 1. The molecule has 8 heteroatoms. The lowest BCUT2D eigenvalue weighted by Crippen LogP contribution is -2.29. The molecule has 0 unspecified atom stereocenters. The van der Waals surface area contributed by atoms with Crippen LogP contribution in [-0.4, -0.2) is 27.9 Å². The number of para-hydroxylation sites is 2. The van der Waals surface area contributed by atoms with Gasteiger partial charge in [-0.05, 0) is 30.2 Å². The zero-order valence-corrected chi connectivity index (χ0v) is 18.0. The fourth-order valence-corrected chi connectivity index (χ4v) is 4.93. The number of anilines is 2. The highest BCUT2D eigenvalue weighted by atomic mass is 32.1. The molecule has 1 fully saturated rings. The van der Waals surface area contributed by atoms with Crippen LogP contribution < -0.4 is 15.8 Å². The molecule has 2 aromatic carbocycles. The van der Waals surface area contributed by atoms with Gasteiger partial charge in [-0.1, -0.05) is 42.5 Å². The smallest absolute Gasteiger partial charge is 0.271 e. The van der Waals surface area contributed by atoms with Crippen LogP contribution >= 0.6 is 11.3 Å². The van der Waals surface area contributed by atoms with E-state index in [1.165, 1.54) is 22.2 Å². The predicted molar refractivity (Wildman–Crippen MR) is 126 cm³/mol. The molecule has 3 heterocycles. The lowest BCUT2D eigenvalue weighted by Gasteiger charge is -2.20. The molecule has 1 aliphatic heterocycles. The summed E-state index contributed by atoms with van der Waals surface area (Å²) >= 11 is 1.37. The third-order valence-electron chi connectivity index (χ3n) is 5.42. The van der Waals surface area contributed by atoms with Gasteiger partial charge in [0.05, 0.1) is 23.2 Å². The van der Waals surface area contributed by atoms with Crippen LogP contribution in [0.4, 0.5) is 11.4 Å². The van der Waals surface area contributed by atoms with Gasteiger partial charge in [0.15, 0.2) is 0 Å². The van der Waals surface area contributed by atoms with E-state index in [2.05, 4.69) is 10.3 Å². The van der Waals surface area contributed by atoms with Gasteiger partial charge in [0.1, 0.15) is 11.2 Å². The molecule has 0 spiro atoms. The lowest BCUT2D eigenvalue weighted by atomic mass is 10.2. The van der Waals surface area contributed by atoms with Gasteiger partial charge in [0.2, 0.25) is 11.8 Å². The molecule has 7 nitrogen and oxygen atoms in total. The molecule has 0 radical (unpaired) electrons. The summed E-state index contributed by atoms with van der Waals surface area (Å²) in [7, 11) is 0. The molecule has 0 aliphatic carbocycles. The largest absolute Gasteiger partial charge is 0.323 e. The van der Waals surface area contributed by atoms with Crippen molar-refractivity contribution in [3.8, 4) is 10.4 Å². The Bertz CT molecular complexity index is 1380. The Balaban J connectivity index is 1.38. The fraction of sp³-hybridized carbons (Fsp3) is 0.167. The van der Waals surface area contributed by atoms with Crippen LogP contribution in [0.3, 0.4) is 0 Å². The Kier molecular flexibility index (Phi) is 5.28. The lowest BCUT2D eigenvalue weighted by molar-refractivity contribution is -0.117. The molecule has 1 saturated heterocycles. The summed E-state index contributed by atoms with van der Waals surface area (Å²) in [6, 6.07) is 18.9. The van der Waals surface area contributed by atoms with Gasteiger partial charge in [-0.2, -0.15) is 0 Å². The van der Waals surface area contributed by atoms with Gasteiger partial charge in [0.25, 0.3) is 5.56 Å². The second-order valence-electron chi connectivity index (χ2n) is 7.58. The van der Waals surface area contributed by atoms with Crippen LogP contribution in [0.2, 0.25) is 0 Å². The van der Waals surface area contributed by atoms with Crippen LogP contribution in [0.5, 0.6) is 0 Å². The van der Waals surface area contributed by atoms with Crippen LogP contribution in [0.25, 0.3) is 20.7 Å². The maximum atomic E-state index is 13.0. The van der Waals surface area contributed by atoms with Crippen molar-refractivity contribution in [2.24, 2.45) is 0 Å². The number of aromatic nitrogens is 2. The van der Waals surface area contributed by atoms with Crippen molar-refractivity contribution in [2.45, 2.75) is 19.4 Å². The predicted octanol–water partition coefficient (Wildman–Crippen LogP) is 3.89. The van der Waals surface area contributed by atoms with Crippen LogP contribution in [0, 0.1) is 0 Å². The van der Waals surface area contributed by atoms with Crippen LogP contribution in [0.15, 0.2) is 71.8 Å². The van der Waals surface area contributed by atoms with E-state index in [0.29, 0.717) is 34.6 Å². The van der Waals surface area contributed by atoms with Crippen molar-refractivity contribution in [1.82, 2.24) is 9.55 Å². The summed E-state index contributed by atoms with van der Waals surface area (Å²) in [6.07, 6.45) is 2.71. The number of carbonyl (C=O) groups excluding carboxylic acids is 2. The Morgan fingerprint density at radius 3 is 2.62 bits per heavy atom. The SMILES string of the molecule is O=C(Cn1cnc2cc(-c3ccccc3)sc2c1=O)Nc1ccccc1N1CCCC1=O. The van der Waals surface area contributed by atoms with E-state index in [-0.39, 0.29) is 23.9 Å². The number of nitrogens with one attached hydrogen (secondary N) is 1. The first-order valence-corrected chi connectivity index (χ1v) is 11.2. The van der Waals surface area contributed by atoms with Crippen LogP contribution in [-0.2, 0) is 16.1 Å². The van der Waals surface area contributed by atoms with Gasteiger partial charge in [0, 0.05) is 17.8 Å². The number of hydrogen-bond acceptors (Lipinski definition) is 5. The highest BCUT2D eigenvalue weighted by molar-refractivity contribution is 7.22. The number of benzene rings is 2. The van der Waals surface area contributed by atoms with Crippen molar-refractivity contribution in [3.05, 3.63) is 77.3 Å². The number of rotatable bonds is 5. The summed E-state index contributed by atoms with van der Waals surface area (Å²) in [6.45, 7) is 0.469. The minimum atomic E-state index is -0.354. The van der Waals surface area contributed by atoms with Crippen molar-refractivity contribution < 1.29 is 9.59 Å². The highest BCUT2D eigenvalue weighted by Gasteiger charge is 2.24. The monoisotopic (exact) mass is 444 g/mol. The van der Waals surface area contributed by atoms with Gasteiger partial charge in [-0.3, -0.25) is 19.0 Å². The average molecular weight is 445 g/mol. The summed E-state index contributed by atoms with van der Waals surface area (Å²) in [5.41, 5.74) is 2.62. The quantitative estimate of drug-likeness (QED) is 0.506. The normalized spacial score (nSPS) is 13.6. The zero-order valence-electron chi connectivity index (χ0n) is 17.2. The molecule has 5 rings (SSSR count). The molecule has 0 bridgehead atoms. The molecule has 2 amide bonds. The third kappa shape index (κ3) is 3.80. The first-order chi connectivity index (χ1) is 15.6. The minimum Gasteiger partial charge on any atom is -0.323 e. The first kappa shape index (κ1) is 20.1. The summed E-state index contributed by atoms with van der Waals surface area (Å²) in [5.74, 6) is -0.309. The van der Waals surface area contributed by atoms with E-state index < -0.39 is 0 Å². The number of amides is 2. The number of fused-ring (bicyclic) bond motifs is 1. The van der Waals surface area contributed by atoms with E-state index in [9.17, 15) is 14.4 Å². The van der Waals surface area contributed by atoms with E-state index >= 15 is 0 Å². The number of carbonyl (C=O) groups is 2. The van der Waals surface area contributed by atoms with E-state index in [1.54, 1.807) is 17.0 Å². The molecule has 1 aliphatic rings. The average Bonchev–Trinajstić information content (AvgIpc) is 3.43. The topological polar surface area (TPSA) is 84.3 Å². The fourth-order valence-electron chi connectivity index (χ4n) is 3.86. The Morgan fingerprint density at radius 2 is 1.84 bits per heavy atom. The highest BCUT2D eigenvalue weighted by Crippen LogP contribution is 2.31. The van der Waals surface area contributed by atoms with Crippen molar-refractivity contribution >= 4 is 44.7 Å². The van der Waals surface area contributed by atoms with Gasteiger partial charge < -0.3 is 10.2 Å². The molecular weight excluding hydrogens is 424 g/mol. The molecule has 160 valence electrons. The van der Waals surface area contributed by atoms with Gasteiger partial charge >= 0.3 is 0 Å². The van der Waals surface area contributed by atoms with Crippen molar-refractivity contribution in [1.29, 1.82) is 0 Å². The van der Waals surface area contributed by atoms with Gasteiger partial charge in [-0.15, -0.1) is 11.3 Å². The standard InChI is InChI=1S/C24H20N4O3S/c29-21(26-17-9-4-5-10-19(17)28-12-6-11-22(28)30)14-27-15-25-18-13-20(32-23(18)24(27)31)16-7-2-1-3-8-16/h1-5,7-10,13,15H,6,11-12,14H2,(H,26,29). The Morgan fingerprint density at radius 1 is 1.06 bits per heavy atom. The van der Waals surface area contributed by atoms with Crippen LogP contribution in [0.1, 0.15) is 12.8 Å². The molecule has 0 saturated carbocycles. The van der Waals surface area contributed by atoms with Crippen molar-refractivity contribution in [2.75, 3.05) is 16.8 Å². The first-order valence-electron chi connectivity index (χ1n) is 10.3. The van der Waals surface area contributed by atoms with E-state index in [1.807, 2.05) is 48.5 Å². The number of nitrogens with zero attached hydrogens (tertiary/aromatic N) is 3. The molecule has 1 N–H and O–H groups in total. The van der Waals surface area contributed by atoms with E-state index in [4.69, 9.17) is 0 Å². The summed E-state index contributed by atoms with van der Waals surface area (Å²) in [4.78, 5) is 44.9. The molecule has 2 aromatic heterocycles. The number of hydrogen-bond donors (Lipinski definition) is 1. The molecular formula is C24H20N4O3S. The van der Waals surface area contributed by atoms with Gasteiger partial charge in [-0.25, -0.2) is 4.98 Å². The third-order valence-corrected chi connectivity index (χ3v) is 6.58. The molecule has 4 aromatic rings. The summed E-state index contributed by atoms with van der Waals surface area (Å²) < 4.78 is 1.83. The molecule has 0 atom stereocenters. The Hall–Kier alpha value is -3.78. The second kappa shape index (κ2) is 8.39. The van der Waals surface area contributed by atoms with E-state index in [0.717, 1.165) is 16.9 Å². The zero-order chi connectivity index (χ0) is 22.1. The minimum absolute atomic E-state index is 0.0458. The maximum Gasteiger partial charge on any atom is 0.271 e. The Labute approximate surface area is 187 Å². The second-order valence-corrected chi connectivity index (χ2v) is 8.64. The van der Waals surface area contributed by atoms with Crippen molar-refractivity contribution in [3.63, 3.8) is 0 Å². The summed E-state index contributed by atoms with van der Waals surface area (Å²) in [5, 5.41) is 2.85.